The lowest BCUT2D eigenvalue weighted by Crippen LogP contribution is -2.13. The fraction of sp³-hybridized carbons (Fsp3) is 0.240. The highest BCUT2D eigenvalue weighted by Gasteiger charge is 2.18. The number of carbonyl (C=O) groups is 1. The van der Waals surface area contributed by atoms with Gasteiger partial charge in [0.2, 0.25) is 11.8 Å². The smallest absolute Gasteiger partial charge is 0.242 e. The van der Waals surface area contributed by atoms with Gasteiger partial charge in [-0.05, 0) is 55.7 Å². The number of hydrogen-bond donors (Lipinski definition) is 1. The summed E-state index contributed by atoms with van der Waals surface area (Å²) in [6, 6.07) is 16.9. The van der Waals surface area contributed by atoms with Crippen molar-refractivity contribution < 1.29 is 14.3 Å². The van der Waals surface area contributed by atoms with Gasteiger partial charge in [0.1, 0.15) is 11.5 Å². The van der Waals surface area contributed by atoms with Crippen molar-refractivity contribution in [2.75, 3.05) is 12.4 Å². The first-order valence-electron chi connectivity index (χ1n) is 10.5. The van der Waals surface area contributed by atoms with Crippen LogP contribution >= 0.6 is 0 Å². The third kappa shape index (κ3) is 4.42. The molecule has 164 valence electrons. The van der Waals surface area contributed by atoms with Crippen LogP contribution in [0.3, 0.4) is 0 Å². The number of anilines is 1. The molecule has 32 heavy (non-hydrogen) atoms. The van der Waals surface area contributed by atoms with Crippen LogP contribution in [0.4, 0.5) is 5.69 Å². The number of fused-ring (bicyclic) bond motifs is 1. The largest absolute Gasteiger partial charge is 0.479 e. The highest BCUT2D eigenvalue weighted by Crippen LogP contribution is 2.30. The second-order valence-electron chi connectivity index (χ2n) is 7.62. The number of amides is 1. The minimum absolute atomic E-state index is 0.0705. The maximum absolute atomic E-state index is 12.7. The van der Waals surface area contributed by atoms with Gasteiger partial charge < -0.3 is 14.8 Å². The quantitative estimate of drug-likeness (QED) is 0.448. The van der Waals surface area contributed by atoms with Crippen LogP contribution in [0.25, 0.3) is 11.0 Å². The minimum Gasteiger partial charge on any atom is -0.479 e. The number of nitrogens with zero attached hydrogens (tertiary/aromatic N) is 3. The van der Waals surface area contributed by atoms with E-state index in [2.05, 4.69) is 10.4 Å². The van der Waals surface area contributed by atoms with E-state index in [0.717, 1.165) is 33.6 Å². The molecule has 0 aliphatic rings. The van der Waals surface area contributed by atoms with E-state index in [0.29, 0.717) is 30.2 Å². The molecule has 0 fully saturated rings. The number of aryl methyl sites for hydroxylation is 3. The molecule has 0 saturated carbocycles. The molecule has 1 amide bonds. The predicted molar refractivity (Wildman–Crippen MR) is 124 cm³/mol. The highest BCUT2D eigenvalue weighted by molar-refractivity contribution is 5.91. The number of carbonyl (C=O) groups excluding carboxylic acids is 1. The molecule has 4 rings (SSSR count). The van der Waals surface area contributed by atoms with E-state index in [1.807, 2.05) is 75.5 Å². The fourth-order valence-electron chi connectivity index (χ4n) is 3.83. The Balaban J connectivity index is 1.45. The number of ether oxygens (including phenoxy) is 2. The average molecular weight is 431 g/mol. The third-order valence-corrected chi connectivity index (χ3v) is 5.41. The number of nitrogens with one attached hydrogen (secondary N) is 1. The van der Waals surface area contributed by atoms with E-state index in [1.165, 1.54) is 0 Å². The first kappa shape index (κ1) is 21.4. The van der Waals surface area contributed by atoms with Crippen molar-refractivity contribution in [3.63, 3.8) is 0 Å². The van der Waals surface area contributed by atoms with Crippen molar-refractivity contribution in [3.05, 3.63) is 71.4 Å². The van der Waals surface area contributed by atoms with Crippen molar-refractivity contribution in [1.82, 2.24) is 14.8 Å². The summed E-state index contributed by atoms with van der Waals surface area (Å²) in [5.41, 5.74) is 4.45. The Hall–Kier alpha value is -3.87. The summed E-state index contributed by atoms with van der Waals surface area (Å²) in [6.07, 6.45) is 0.909. The summed E-state index contributed by atoms with van der Waals surface area (Å²) >= 11 is 0. The molecule has 0 atom stereocenters. The molecule has 1 N–H and O–H groups in total. The standard InChI is InChI=1S/C25H26N4O3/c1-16-21(17(2)26-24-23(16)25(31-4)28-29(24)3)13-14-22(30)27-18-9-8-12-20(15-18)32-19-10-6-5-7-11-19/h5-12,15H,13-14H2,1-4H3,(H,27,30). The Morgan fingerprint density at radius 2 is 1.81 bits per heavy atom. The second-order valence-corrected chi connectivity index (χ2v) is 7.62. The molecule has 0 spiro atoms. The molecule has 0 bridgehead atoms. The zero-order valence-corrected chi connectivity index (χ0v) is 18.7. The number of rotatable bonds is 7. The van der Waals surface area contributed by atoms with Gasteiger partial charge in [-0.3, -0.25) is 4.79 Å². The lowest BCUT2D eigenvalue weighted by Gasteiger charge is -2.12. The van der Waals surface area contributed by atoms with Gasteiger partial charge in [-0.1, -0.05) is 24.3 Å². The van der Waals surface area contributed by atoms with E-state index in [4.69, 9.17) is 14.5 Å². The summed E-state index contributed by atoms with van der Waals surface area (Å²) in [6.45, 7) is 3.99. The summed E-state index contributed by atoms with van der Waals surface area (Å²) < 4.78 is 13.0. The number of methoxy groups -OCH3 is 1. The molecule has 2 aromatic heterocycles. The van der Waals surface area contributed by atoms with Crippen LogP contribution in [-0.2, 0) is 18.3 Å². The van der Waals surface area contributed by atoms with Gasteiger partial charge in [-0.2, -0.15) is 0 Å². The first-order valence-corrected chi connectivity index (χ1v) is 10.5. The van der Waals surface area contributed by atoms with Crippen LogP contribution in [0.1, 0.15) is 23.2 Å². The number of pyridine rings is 1. The summed E-state index contributed by atoms with van der Waals surface area (Å²) in [5.74, 6) is 1.89. The molecule has 0 saturated heterocycles. The monoisotopic (exact) mass is 430 g/mol. The van der Waals surface area contributed by atoms with E-state index in [9.17, 15) is 4.79 Å². The van der Waals surface area contributed by atoms with E-state index < -0.39 is 0 Å². The van der Waals surface area contributed by atoms with Crippen LogP contribution in [0.5, 0.6) is 17.4 Å². The lowest BCUT2D eigenvalue weighted by molar-refractivity contribution is -0.116. The van der Waals surface area contributed by atoms with Gasteiger partial charge in [0.15, 0.2) is 5.65 Å². The summed E-state index contributed by atoms with van der Waals surface area (Å²) in [4.78, 5) is 17.3. The van der Waals surface area contributed by atoms with Gasteiger partial charge >= 0.3 is 0 Å². The average Bonchev–Trinajstić information content (AvgIpc) is 3.10. The molecule has 7 heteroatoms. The molecular formula is C25H26N4O3. The van der Waals surface area contributed by atoms with Crippen LogP contribution in [0.2, 0.25) is 0 Å². The first-order chi connectivity index (χ1) is 15.5. The zero-order valence-electron chi connectivity index (χ0n) is 18.7. The maximum Gasteiger partial charge on any atom is 0.242 e. The molecular weight excluding hydrogens is 404 g/mol. The SMILES string of the molecule is COc1nn(C)c2nc(C)c(CCC(=O)Nc3cccc(Oc4ccccc4)c3)c(C)c12. The Morgan fingerprint density at radius 1 is 1.06 bits per heavy atom. The van der Waals surface area contributed by atoms with Gasteiger partial charge in [-0.25, -0.2) is 9.67 Å². The van der Waals surface area contributed by atoms with Crippen LogP contribution in [0.15, 0.2) is 54.6 Å². The van der Waals surface area contributed by atoms with Gasteiger partial charge in [0, 0.05) is 30.9 Å². The van der Waals surface area contributed by atoms with Crippen LogP contribution in [-0.4, -0.2) is 27.8 Å². The number of hydrogen-bond acceptors (Lipinski definition) is 5. The van der Waals surface area contributed by atoms with Gasteiger partial charge in [0.25, 0.3) is 0 Å². The van der Waals surface area contributed by atoms with E-state index in [1.54, 1.807) is 11.8 Å². The summed E-state index contributed by atoms with van der Waals surface area (Å²) in [7, 11) is 3.45. The van der Waals surface area contributed by atoms with E-state index in [-0.39, 0.29) is 5.91 Å². The molecule has 0 radical (unpaired) electrons. The van der Waals surface area contributed by atoms with Crippen LogP contribution < -0.4 is 14.8 Å². The predicted octanol–water partition coefficient (Wildman–Crippen LogP) is 4.96. The van der Waals surface area contributed by atoms with Crippen molar-refractivity contribution in [2.45, 2.75) is 26.7 Å². The Labute approximate surface area is 187 Å². The maximum atomic E-state index is 12.7. The Bertz CT molecular complexity index is 1270. The molecule has 0 unspecified atom stereocenters. The normalized spacial score (nSPS) is 10.9. The topological polar surface area (TPSA) is 78.3 Å². The van der Waals surface area contributed by atoms with Gasteiger partial charge in [-0.15, -0.1) is 5.10 Å². The second kappa shape index (κ2) is 9.09. The molecule has 7 nitrogen and oxygen atoms in total. The van der Waals surface area contributed by atoms with Crippen LogP contribution in [0, 0.1) is 13.8 Å². The molecule has 2 heterocycles. The molecule has 0 aliphatic carbocycles. The lowest BCUT2D eigenvalue weighted by atomic mass is 10.00. The molecule has 2 aromatic carbocycles. The third-order valence-electron chi connectivity index (χ3n) is 5.41. The summed E-state index contributed by atoms with van der Waals surface area (Å²) in [5, 5.41) is 8.23. The highest BCUT2D eigenvalue weighted by atomic mass is 16.5. The van der Waals surface area contributed by atoms with E-state index >= 15 is 0 Å². The molecule has 4 aromatic rings. The minimum atomic E-state index is -0.0705. The Kier molecular flexibility index (Phi) is 6.07. The number of benzene rings is 2. The van der Waals surface area contributed by atoms with Crippen molar-refractivity contribution in [2.24, 2.45) is 7.05 Å². The van der Waals surface area contributed by atoms with Gasteiger partial charge in [0.05, 0.1) is 12.5 Å². The van der Waals surface area contributed by atoms with Crippen molar-refractivity contribution in [1.29, 1.82) is 0 Å². The van der Waals surface area contributed by atoms with Crippen molar-refractivity contribution >= 4 is 22.6 Å². The zero-order chi connectivity index (χ0) is 22.7. The number of aromatic nitrogens is 3. The Morgan fingerprint density at radius 3 is 2.56 bits per heavy atom. The fourth-order valence-corrected chi connectivity index (χ4v) is 3.83. The molecule has 0 aliphatic heterocycles. The number of para-hydroxylation sites is 1. The van der Waals surface area contributed by atoms with Crippen molar-refractivity contribution in [3.8, 4) is 17.4 Å².